The molecule has 0 unspecified atom stereocenters. The minimum atomic E-state index is 0. The Bertz CT molecular complexity index is 78.9. The smallest absolute Gasteiger partial charge is 0.0682 e. The molecule has 0 aromatic rings. The van der Waals surface area contributed by atoms with Crippen LogP contribution in [-0.4, -0.2) is 21.6 Å². The average Bonchev–Trinajstić information content (AvgIpc) is 1.96. The van der Waals surface area contributed by atoms with Gasteiger partial charge in [0.25, 0.3) is 0 Å². The molecule has 0 saturated heterocycles. The first-order valence-electron chi connectivity index (χ1n) is 4.62. The van der Waals surface area contributed by atoms with Gasteiger partial charge in [0.1, 0.15) is 0 Å². The molecule has 2 nitrogen and oxygen atoms in total. The molecule has 0 aliphatic rings. The van der Waals surface area contributed by atoms with Gasteiger partial charge in [-0.25, -0.2) is 5.48 Å². The second kappa shape index (κ2) is 11.0. The zero-order valence-corrected chi connectivity index (χ0v) is 8.60. The summed E-state index contributed by atoms with van der Waals surface area (Å²) in [5.41, 5.74) is 2.94. The van der Waals surface area contributed by atoms with Crippen LogP contribution in [0.5, 0.6) is 0 Å². The molecule has 3 heteroatoms. The maximum atomic E-state index is 5.20. The van der Waals surface area contributed by atoms with Crippen molar-refractivity contribution in [3.05, 3.63) is 0 Å². The van der Waals surface area contributed by atoms with Crippen molar-refractivity contribution in [3.63, 3.8) is 0 Å². The van der Waals surface area contributed by atoms with Crippen LogP contribution in [0.25, 0.3) is 0 Å². The second-order valence-electron chi connectivity index (χ2n) is 3.30. The number of hydrogen-bond donors (Lipinski definition) is 1. The topological polar surface area (TPSA) is 21.3 Å². The van der Waals surface area contributed by atoms with Crippen molar-refractivity contribution in [2.45, 2.75) is 40.0 Å². The van der Waals surface area contributed by atoms with E-state index < -0.39 is 0 Å². The molecule has 3 radical (unpaired) electrons. The van der Waals surface area contributed by atoms with Gasteiger partial charge in [0, 0.05) is 15.0 Å². The first kappa shape index (κ1) is 14.5. The van der Waals surface area contributed by atoms with Gasteiger partial charge in [0.05, 0.1) is 6.61 Å². The fourth-order valence-electron chi connectivity index (χ4n) is 0.722. The van der Waals surface area contributed by atoms with E-state index in [9.17, 15) is 0 Å². The van der Waals surface area contributed by atoms with Crippen molar-refractivity contribution >= 4 is 8.41 Å². The van der Waals surface area contributed by atoms with Gasteiger partial charge >= 0.3 is 0 Å². The van der Waals surface area contributed by atoms with E-state index in [-0.39, 0.29) is 8.41 Å². The van der Waals surface area contributed by atoms with E-state index in [1.807, 2.05) is 0 Å². The van der Waals surface area contributed by atoms with Crippen LogP contribution in [0.2, 0.25) is 0 Å². The first-order valence-corrected chi connectivity index (χ1v) is 4.62. The lowest BCUT2D eigenvalue weighted by Gasteiger charge is -2.06. The van der Waals surface area contributed by atoms with Crippen molar-refractivity contribution in [1.29, 1.82) is 0 Å². The van der Waals surface area contributed by atoms with Crippen LogP contribution in [0.4, 0.5) is 0 Å². The van der Waals surface area contributed by atoms with Crippen LogP contribution < -0.4 is 5.48 Å². The molecule has 12 heavy (non-hydrogen) atoms. The van der Waals surface area contributed by atoms with E-state index in [1.165, 1.54) is 19.3 Å². The van der Waals surface area contributed by atoms with Gasteiger partial charge in [-0.15, -0.1) is 0 Å². The molecule has 0 amide bonds. The third-order valence-electron chi connectivity index (χ3n) is 1.44. The van der Waals surface area contributed by atoms with Crippen molar-refractivity contribution < 1.29 is 4.84 Å². The standard InChI is InChI=1S/C9H21NO.B/c1-4-5-6-7-11-10-8-9(2)3;/h9-10H,4-8H2,1-3H3;. The zero-order valence-electron chi connectivity index (χ0n) is 8.60. The molecule has 0 heterocycles. The number of rotatable bonds is 7. The highest BCUT2D eigenvalue weighted by Crippen LogP contribution is 1.93. The van der Waals surface area contributed by atoms with Crippen molar-refractivity contribution in [2.24, 2.45) is 5.92 Å². The molecule has 0 rings (SSSR count). The van der Waals surface area contributed by atoms with E-state index in [2.05, 4.69) is 26.3 Å². The van der Waals surface area contributed by atoms with Gasteiger partial charge in [-0.1, -0.05) is 33.6 Å². The maximum Gasteiger partial charge on any atom is 0.0682 e. The molecule has 0 fully saturated rings. The van der Waals surface area contributed by atoms with Crippen LogP contribution in [-0.2, 0) is 4.84 Å². The van der Waals surface area contributed by atoms with Crippen LogP contribution in [0.3, 0.4) is 0 Å². The summed E-state index contributed by atoms with van der Waals surface area (Å²) in [6.07, 6.45) is 3.69. The Morgan fingerprint density at radius 1 is 1.25 bits per heavy atom. The largest absolute Gasteiger partial charge is 0.302 e. The number of hydroxylamine groups is 1. The molecule has 0 aliphatic heterocycles. The Balaban J connectivity index is 0. The summed E-state index contributed by atoms with van der Waals surface area (Å²) in [4.78, 5) is 5.20. The summed E-state index contributed by atoms with van der Waals surface area (Å²) in [6.45, 7) is 8.33. The Morgan fingerprint density at radius 2 is 1.92 bits per heavy atom. The first-order chi connectivity index (χ1) is 5.27. The van der Waals surface area contributed by atoms with Crippen molar-refractivity contribution in [2.75, 3.05) is 13.2 Å². The second-order valence-corrected chi connectivity index (χ2v) is 3.30. The fraction of sp³-hybridized carbons (Fsp3) is 1.00. The molecule has 0 saturated carbocycles. The predicted molar refractivity (Wildman–Crippen MR) is 54.1 cm³/mol. The molecule has 0 aromatic heterocycles. The monoisotopic (exact) mass is 170 g/mol. The summed E-state index contributed by atoms with van der Waals surface area (Å²) in [5.74, 6) is 0.668. The summed E-state index contributed by atoms with van der Waals surface area (Å²) in [7, 11) is 0. The third kappa shape index (κ3) is 12.6. The van der Waals surface area contributed by atoms with Crippen LogP contribution >= 0.6 is 0 Å². The molecular formula is C9H21BNO. The summed E-state index contributed by atoms with van der Waals surface area (Å²) < 4.78 is 0. The molecule has 0 aliphatic carbocycles. The van der Waals surface area contributed by atoms with Crippen LogP contribution in [0.1, 0.15) is 40.0 Å². The maximum absolute atomic E-state index is 5.20. The SMILES string of the molecule is CCCCCONCC(C)C.[B]. The van der Waals surface area contributed by atoms with E-state index >= 15 is 0 Å². The van der Waals surface area contributed by atoms with E-state index in [4.69, 9.17) is 4.84 Å². The normalized spacial score (nSPS) is 10.0. The molecule has 0 aromatic carbocycles. The summed E-state index contributed by atoms with van der Waals surface area (Å²) in [6, 6.07) is 0. The lowest BCUT2D eigenvalue weighted by atomic mass is 10.2. The van der Waals surface area contributed by atoms with Gasteiger partial charge in [-0.3, -0.25) is 0 Å². The van der Waals surface area contributed by atoms with Crippen LogP contribution in [0.15, 0.2) is 0 Å². The minimum Gasteiger partial charge on any atom is -0.302 e. The molecular weight excluding hydrogens is 149 g/mol. The number of hydrogen-bond acceptors (Lipinski definition) is 2. The number of unbranched alkanes of at least 4 members (excludes halogenated alkanes) is 2. The predicted octanol–water partition coefficient (Wildman–Crippen LogP) is 1.97. The lowest BCUT2D eigenvalue weighted by Crippen LogP contribution is -2.20. The van der Waals surface area contributed by atoms with Gasteiger partial charge in [-0.05, 0) is 12.3 Å². The van der Waals surface area contributed by atoms with Crippen molar-refractivity contribution in [1.82, 2.24) is 5.48 Å². The lowest BCUT2D eigenvalue weighted by molar-refractivity contribution is 0.0326. The van der Waals surface area contributed by atoms with Crippen LogP contribution in [0, 0.1) is 5.92 Å². The summed E-state index contributed by atoms with van der Waals surface area (Å²) in [5, 5.41) is 0. The Hall–Kier alpha value is -0.0151. The zero-order chi connectivity index (χ0) is 8.53. The molecule has 0 spiro atoms. The quantitative estimate of drug-likeness (QED) is 0.358. The van der Waals surface area contributed by atoms with E-state index in [1.54, 1.807) is 0 Å². The highest BCUT2D eigenvalue weighted by atomic mass is 16.6. The fourth-order valence-corrected chi connectivity index (χ4v) is 0.722. The number of nitrogens with one attached hydrogen (secondary N) is 1. The average molecular weight is 170 g/mol. The highest BCUT2D eigenvalue weighted by molar-refractivity contribution is 5.75. The van der Waals surface area contributed by atoms with Gasteiger partial charge in [0.2, 0.25) is 0 Å². The molecule has 71 valence electrons. The molecule has 0 atom stereocenters. The molecule has 1 N–H and O–H groups in total. The highest BCUT2D eigenvalue weighted by Gasteiger charge is 1.91. The molecule has 0 bridgehead atoms. The van der Waals surface area contributed by atoms with Gasteiger partial charge in [-0.2, -0.15) is 0 Å². The van der Waals surface area contributed by atoms with Gasteiger partial charge in [0.15, 0.2) is 0 Å². The third-order valence-corrected chi connectivity index (χ3v) is 1.44. The Labute approximate surface area is 78.6 Å². The van der Waals surface area contributed by atoms with E-state index in [0.717, 1.165) is 13.2 Å². The van der Waals surface area contributed by atoms with Crippen molar-refractivity contribution in [3.8, 4) is 0 Å². The van der Waals surface area contributed by atoms with Gasteiger partial charge < -0.3 is 4.84 Å². The minimum absolute atomic E-state index is 0. The Morgan fingerprint density at radius 3 is 2.42 bits per heavy atom. The summed E-state index contributed by atoms with van der Waals surface area (Å²) >= 11 is 0. The van der Waals surface area contributed by atoms with E-state index in [0.29, 0.717) is 5.92 Å². The Kier molecular flexibility index (Phi) is 13.3.